The fourth-order valence-electron chi connectivity index (χ4n) is 4.34. The van der Waals surface area contributed by atoms with E-state index in [1.54, 1.807) is 0 Å². The number of rotatable bonds is 3. The molecule has 0 aromatic carbocycles. The molecule has 2 rings (SSSR count). The fourth-order valence-corrected chi connectivity index (χ4v) is 4.34. The SMILES string of the molecule is CNC(C)C1CCCCN1C1CC(C)CC(C)C1. The molecule has 2 heteroatoms. The standard InChI is InChI=1S/C16H32N2/c1-12-9-13(2)11-15(10-12)18-8-6-5-7-16(18)14(3)17-4/h12-17H,5-11H2,1-4H3. The minimum atomic E-state index is 0.637. The van der Waals surface area contributed by atoms with Gasteiger partial charge in [0.05, 0.1) is 0 Å². The van der Waals surface area contributed by atoms with Gasteiger partial charge in [0.25, 0.3) is 0 Å². The van der Waals surface area contributed by atoms with Crippen LogP contribution in [0.25, 0.3) is 0 Å². The van der Waals surface area contributed by atoms with Gasteiger partial charge in [-0.2, -0.15) is 0 Å². The lowest BCUT2D eigenvalue weighted by Gasteiger charge is -2.47. The van der Waals surface area contributed by atoms with E-state index in [4.69, 9.17) is 0 Å². The number of hydrogen-bond acceptors (Lipinski definition) is 2. The number of piperidine rings is 1. The normalized spacial score (nSPS) is 40.7. The Balaban J connectivity index is 2.03. The van der Waals surface area contributed by atoms with Crippen LogP contribution in [-0.2, 0) is 0 Å². The first-order chi connectivity index (χ1) is 8.61. The second-order valence-corrected chi connectivity index (χ2v) is 6.95. The van der Waals surface area contributed by atoms with Crippen LogP contribution in [0.2, 0.25) is 0 Å². The summed E-state index contributed by atoms with van der Waals surface area (Å²) in [6, 6.07) is 2.26. The van der Waals surface area contributed by atoms with Crippen molar-refractivity contribution in [3.63, 3.8) is 0 Å². The van der Waals surface area contributed by atoms with E-state index in [2.05, 4.69) is 38.0 Å². The lowest BCUT2D eigenvalue weighted by atomic mass is 9.78. The van der Waals surface area contributed by atoms with Crippen LogP contribution in [-0.4, -0.2) is 36.6 Å². The van der Waals surface area contributed by atoms with Crippen molar-refractivity contribution in [3.05, 3.63) is 0 Å². The van der Waals surface area contributed by atoms with Gasteiger partial charge >= 0.3 is 0 Å². The van der Waals surface area contributed by atoms with E-state index < -0.39 is 0 Å². The van der Waals surface area contributed by atoms with E-state index >= 15 is 0 Å². The molecular weight excluding hydrogens is 220 g/mol. The summed E-state index contributed by atoms with van der Waals surface area (Å²) in [5, 5.41) is 3.48. The zero-order valence-corrected chi connectivity index (χ0v) is 12.8. The van der Waals surface area contributed by atoms with Crippen molar-refractivity contribution >= 4 is 0 Å². The molecule has 1 saturated heterocycles. The second-order valence-electron chi connectivity index (χ2n) is 6.95. The fraction of sp³-hybridized carbons (Fsp3) is 1.00. The highest BCUT2D eigenvalue weighted by Gasteiger charge is 2.35. The summed E-state index contributed by atoms with van der Waals surface area (Å²) in [4.78, 5) is 2.86. The van der Waals surface area contributed by atoms with Crippen LogP contribution < -0.4 is 5.32 Å². The smallest absolute Gasteiger partial charge is 0.0249 e. The van der Waals surface area contributed by atoms with Crippen molar-refractivity contribution in [2.24, 2.45) is 11.8 Å². The molecule has 2 fully saturated rings. The average molecular weight is 252 g/mol. The van der Waals surface area contributed by atoms with E-state index in [1.807, 2.05) is 0 Å². The van der Waals surface area contributed by atoms with Gasteiger partial charge in [-0.3, -0.25) is 4.90 Å². The molecule has 18 heavy (non-hydrogen) atoms. The third-order valence-electron chi connectivity index (χ3n) is 5.25. The van der Waals surface area contributed by atoms with Crippen molar-refractivity contribution in [1.82, 2.24) is 10.2 Å². The van der Waals surface area contributed by atoms with Crippen LogP contribution in [0.3, 0.4) is 0 Å². The average Bonchev–Trinajstić information content (AvgIpc) is 2.36. The zero-order valence-electron chi connectivity index (χ0n) is 12.8. The van der Waals surface area contributed by atoms with Gasteiger partial charge in [-0.25, -0.2) is 0 Å². The molecule has 0 radical (unpaired) electrons. The molecule has 106 valence electrons. The van der Waals surface area contributed by atoms with E-state index in [1.165, 1.54) is 45.1 Å². The maximum absolute atomic E-state index is 3.48. The number of nitrogens with one attached hydrogen (secondary N) is 1. The predicted molar refractivity (Wildman–Crippen MR) is 78.8 cm³/mol. The molecule has 4 atom stereocenters. The Labute approximate surface area is 114 Å². The van der Waals surface area contributed by atoms with E-state index in [0.717, 1.165) is 23.9 Å². The van der Waals surface area contributed by atoms with Crippen LogP contribution in [0, 0.1) is 11.8 Å². The maximum Gasteiger partial charge on any atom is 0.0249 e. The molecule has 1 saturated carbocycles. The van der Waals surface area contributed by atoms with Gasteiger partial charge in [-0.1, -0.05) is 20.3 Å². The first-order valence-electron chi connectivity index (χ1n) is 8.04. The lowest BCUT2D eigenvalue weighted by Crippen LogP contribution is -2.55. The summed E-state index contributed by atoms with van der Waals surface area (Å²) in [7, 11) is 2.11. The summed E-state index contributed by atoms with van der Waals surface area (Å²) in [5.41, 5.74) is 0. The number of likely N-dealkylation sites (tertiary alicyclic amines) is 1. The summed E-state index contributed by atoms with van der Waals surface area (Å²) < 4.78 is 0. The number of nitrogens with zero attached hydrogens (tertiary/aromatic N) is 1. The Hall–Kier alpha value is -0.0800. The lowest BCUT2D eigenvalue weighted by molar-refractivity contribution is 0.0334. The van der Waals surface area contributed by atoms with Crippen molar-refractivity contribution in [1.29, 1.82) is 0 Å². The molecule has 1 aliphatic carbocycles. The molecule has 2 nitrogen and oxygen atoms in total. The van der Waals surface area contributed by atoms with Crippen LogP contribution in [0.1, 0.15) is 59.3 Å². The number of likely N-dealkylation sites (N-methyl/N-ethyl adjacent to an activating group) is 1. The molecule has 2 aliphatic rings. The molecule has 0 spiro atoms. The third-order valence-corrected chi connectivity index (χ3v) is 5.25. The zero-order chi connectivity index (χ0) is 13.1. The van der Waals surface area contributed by atoms with Crippen molar-refractivity contribution < 1.29 is 0 Å². The molecule has 1 heterocycles. The summed E-state index contributed by atoms with van der Waals surface area (Å²) in [6.45, 7) is 8.59. The van der Waals surface area contributed by atoms with Crippen LogP contribution in [0.15, 0.2) is 0 Å². The molecule has 0 bridgehead atoms. The Morgan fingerprint density at radius 1 is 1.06 bits per heavy atom. The summed E-state index contributed by atoms with van der Waals surface area (Å²) >= 11 is 0. The van der Waals surface area contributed by atoms with Crippen LogP contribution in [0.4, 0.5) is 0 Å². The van der Waals surface area contributed by atoms with Gasteiger partial charge in [-0.05, 0) is 64.5 Å². The predicted octanol–water partition coefficient (Wildman–Crippen LogP) is 3.27. The van der Waals surface area contributed by atoms with Gasteiger partial charge in [0.1, 0.15) is 0 Å². The van der Waals surface area contributed by atoms with Crippen LogP contribution in [0.5, 0.6) is 0 Å². The Kier molecular flexibility index (Phi) is 5.08. The third kappa shape index (κ3) is 3.27. The minimum absolute atomic E-state index is 0.637. The Bertz CT molecular complexity index is 243. The van der Waals surface area contributed by atoms with Gasteiger partial charge in [-0.15, -0.1) is 0 Å². The first-order valence-corrected chi connectivity index (χ1v) is 8.04. The summed E-state index contributed by atoms with van der Waals surface area (Å²) in [6.07, 6.45) is 8.52. The summed E-state index contributed by atoms with van der Waals surface area (Å²) in [5.74, 6) is 1.84. The molecule has 0 amide bonds. The monoisotopic (exact) mass is 252 g/mol. The molecule has 1 N–H and O–H groups in total. The minimum Gasteiger partial charge on any atom is -0.316 e. The highest BCUT2D eigenvalue weighted by molar-refractivity contribution is 4.91. The van der Waals surface area contributed by atoms with Crippen molar-refractivity contribution in [3.8, 4) is 0 Å². The highest BCUT2D eigenvalue weighted by atomic mass is 15.2. The Morgan fingerprint density at radius 2 is 1.72 bits per heavy atom. The number of hydrogen-bond donors (Lipinski definition) is 1. The quantitative estimate of drug-likeness (QED) is 0.829. The molecule has 0 aromatic heterocycles. The topological polar surface area (TPSA) is 15.3 Å². The second kappa shape index (κ2) is 6.38. The van der Waals surface area contributed by atoms with Crippen LogP contribution >= 0.6 is 0 Å². The highest BCUT2D eigenvalue weighted by Crippen LogP contribution is 2.35. The van der Waals surface area contributed by atoms with Crippen molar-refractivity contribution in [2.75, 3.05) is 13.6 Å². The molecule has 1 aliphatic heterocycles. The largest absolute Gasteiger partial charge is 0.316 e. The maximum atomic E-state index is 3.48. The van der Waals surface area contributed by atoms with E-state index in [9.17, 15) is 0 Å². The van der Waals surface area contributed by atoms with Gasteiger partial charge in [0.2, 0.25) is 0 Å². The van der Waals surface area contributed by atoms with Gasteiger partial charge in [0.15, 0.2) is 0 Å². The molecule has 4 unspecified atom stereocenters. The molecular formula is C16H32N2. The Morgan fingerprint density at radius 3 is 2.33 bits per heavy atom. The van der Waals surface area contributed by atoms with E-state index in [-0.39, 0.29) is 0 Å². The first kappa shape index (κ1) is 14.3. The molecule has 0 aromatic rings. The van der Waals surface area contributed by atoms with Gasteiger partial charge in [0, 0.05) is 18.1 Å². The van der Waals surface area contributed by atoms with Gasteiger partial charge < -0.3 is 5.32 Å². The van der Waals surface area contributed by atoms with Crippen molar-refractivity contribution in [2.45, 2.75) is 77.4 Å². The van der Waals surface area contributed by atoms with E-state index in [0.29, 0.717) is 6.04 Å².